The van der Waals surface area contributed by atoms with Gasteiger partial charge in [0.1, 0.15) is 25.1 Å². The van der Waals surface area contributed by atoms with Crippen molar-refractivity contribution in [1.82, 2.24) is 0 Å². The molecule has 0 unspecified atom stereocenters. The summed E-state index contributed by atoms with van der Waals surface area (Å²) < 4.78 is 31.8. The Morgan fingerprint density at radius 1 is 0.647 bits per heavy atom. The number of aliphatic hydroxyl groups excluding tert-OH is 4. The second kappa shape index (κ2) is 15.7. The number of hydrogen-bond donors (Lipinski definition) is 5. The lowest BCUT2D eigenvalue weighted by Crippen LogP contribution is -2.20. The molecule has 0 aliphatic heterocycles. The van der Waals surface area contributed by atoms with Crippen LogP contribution in [0.15, 0.2) is 60.7 Å². The van der Waals surface area contributed by atoms with Crippen LogP contribution in [0.1, 0.15) is 61.2 Å². The van der Waals surface area contributed by atoms with Crippen molar-refractivity contribution in [2.24, 2.45) is 0 Å². The molecular formula is C38H39O12P-2. The summed E-state index contributed by atoms with van der Waals surface area (Å²) in [6, 6.07) is 14.3. The minimum atomic E-state index is -5.27. The van der Waals surface area contributed by atoms with Gasteiger partial charge < -0.3 is 58.6 Å². The number of allylic oxidation sites excluding steroid dienone is 2. The Morgan fingerprint density at radius 3 is 1.69 bits per heavy atom. The molecule has 2 aliphatic carbocycles. The molecule has 4 aromatic carbocycles. The van der Waals surface area contributed by atoms with Crippen LogP contribution >= 0.6 is 7.82 Å². The van der Waals surface area contributed by atoms with Crippen LogP contribution in [0.3, 0.4) is 0 Å². The fraction of sp³-hybridized carbons (Fsp3) is 0.263. The van der Waals surface area contributed by atoms with E-state index in [0.717, 1.165) is 39.0 Å². The molecular weight excluding hydrogens is 679 g/mol. The number of aromatic hydroxyl groups is 1. The highest BCUT2D eigenvalue weighted by Gasteiger charge is 2.25. The molecule has 12 nitrogen and oxygen atoms in total. The summed E-state index contributed by atoms with van der Waals surface area (Å²) in [7, 11) is -0.638. The Kier molecular flexibility index (Phi) is 11.6. The quantitative estimate of drug-likeness (QED) is 0.141. The standard InChI is InChI=1S/C19H21O7P.C19H20O5/c1-11-7-13(8-14(10-21)18(11)25-2)15-5-6-17-16(15)4-3-12(9-20)19(17)26-27(22,23)24;1-23-17-8-12(7-13(10-21)19(17)24-2)14-5-6-16-15(14)4-3-11(9-20)18(16)22/h3-5,7-8,20-21H,6,9-10H2,1-2H3,(H2,22,23,24);3-5,7-8,20-22H,6,9-10H2,1-2H3/p-2. The smallest absolute Gasteiger partial charge is 0.166 e. The van der Waals surface area contributed by atoms with Gasteiger partial charge in [-0.15, -0.1) is 0 Å². The van der Waals surface area contributed by atoms with Gasteiger partial charge in [0.2, 0.25) is 0 Å². The van der Waals surface area contributed by atoms with Crippen LogP contribution in [-0.4, -0.2) is 46.9 Å². The molecule has 51 heavy (non-hydrogen) atoms. The van der Waals surface area contributed by atoms with E-state index in [0.29, 0.717) is 57.9 Å². The third-order valence-corrected chi connectivity index (χ3v) is 9.33. The Morgan fingerprint density at radius 2 is 1.16 bits per heavy atom. The van der Waals surface area contributed by atoms with Gasteiger partial charge in [-0.3, -0.25) is 0 Å². The summed E-state index contributed by atoms with van der Waals surface area (Å²) in [6.45, 7) is 0.869. The largest absolute Gasteiger partial charge is 0.780 e. The lowest BCUT2D eigenvalue weighted by atomic mass is 9.94. The molecule has 0 saturated carbocycles. The van der Waals surface area contributed by atoms with Crippen LogP contribution in [0.2, 0.25) is 0 Å². The predicted octanol–water partition coefficient (Wildman–Crippen LogP) is 3.57. The number of phosphoric acid groups is 1. The van der Waals surface area contributed by atoms with Crippen molar-refractivity contribution in [3.63, 3.8) is 0 Å². The molecule has 13 heteroatoms. The van der Waals surface area contributed by atoms with Crippen molar-refractivity contribution in [1.29, 1.82) is 0 Å². The van der Waals surface area contributed by atoms with Gasteiger partial charge >= 0.3 is 0 Å². The van der Waals surface area contributed by atoms with Crippen molar-refractivity contribution in [3.05, 3.63) is 122 Å². The second-order valence-electron chi connectivity index (χ2n) is 11.9. The minimum absolute atomic E-state index is 0.109. The Balaban J connectivity index is 0.000000199. The molecule has 0 heterocycles. The maximum absolute atomic E-state index is 11.1. The number of ether oxygens (including phenoxy) is 3. The first-order chi connectivity index (χ1) is 24.4. The number of phenols is 1. The molecule has 0 bridgehead atoms. The Hall–Kier alpha value is -4.65. The molecule has 0 fully saturated rings. The van der Waals surface area contributed by atoms with Crippen LogP contribution in [0.5, 0.6) is 28.7 Å². The van der Waals surface area contributed by atoms with Crippen LogP contribution in [-0.2, 0) is 43.8 Å². The fourth-order valence-electron chi connectivity index (χ4n) is 6.66. The third kappa shape index (κ3) is 7.53. The molecule has 5 N–H and O–H groups in total. The van der Waals surface area contributed by atoms with E-state index in [-0.39, 0.29) is 36.9 Å². The van der Waals surface area contributed by atoms with Crippen LogP contribution < -0.4 is 28.5 Å². The summed E-state index contributed by atoms with van der Waals surface area (Å²) >= 11 is 0. The number of methoxy groups -OCH3 is 3. The topological polar surface area (TPSA) is 201 Å². The van der Waals surface area contributed by atoms with E-state index in [2.05, 4.69) is 4.52 Å². The molecule has 6 rings (SSSR count). The average molecular weight is 719 g/mol. The zero-order valence-corrected chi connectivity index (χ0v) is 29.5. The van der Waals surface area contributed by atoms with E-state index < -0.39 is 14.4 Å². The molecule has 2 aliphatic rings. The summed E-state index contributed by atoms with van der Waals surface area (Å²) in [4.78, 5) is 22.3. The van der Waals surface area contributed by atoms with Gasteiger partial charge in [0.25, 0.3) is 0 Å². The monoisotopic (exact) mass is 718 g/mol. The van der Waals surface area contributed by atoms with Crippen molar-refractivity contribution in [2.75, 3.05) is 21.3 Å². The Bertz CT molecular complexity index is 2040. The van der Waals surface area contributed by atoms with Gasteiger partial charge in [0.05, 0.1) is 47.8 Å². The number of hydrogen-bond acceptors (Lipinski definition) is 12. The minimum Gasteiger partial charge on any atom is -0.780 e. The molecule has 270 valence electrons. The maximum Gasteiger partial charge on any atom is 0.166 e. The van der Waals surface area contributed by atoms with E-state index in [4.69, 9.17) is 14.2 Å². The normalized spacial score (nSPS) is 13.1. The summed E-state index contributed by atoms with van der Waals surface area (Å²) in [5.74, 6) is 1.70. The van der Waals surface area contributed by atoms with Crippen molar-refractivity contribution < 1.29 is 58.6 Å². The molecule has 0 amide bonds. The summed E-state index contributed by atoms with van der Waals surface area (Å²) in [6.07, 6.45) is 4.86. The molecule has 0 aromatic heterocycles. The average Bonchev–Trinajstić information content (AvgIpc) is 3.76. The predicted molar refractivity (Wildman–Crippen MR) is 185 cm³/mol. The molecule has 0 atom stereocenters. The number of fused-ring (bicyclic) bond motifs is 2. The van der Waals surface area contributed by atoms with Crippen molar-refractivity contribution in [3.8, 4) is 28.7 Å². The lowest BCUT2D eigenvalue weighted by molar-refractivity contribution is -0.333. The number of benzene rings is 4. The van der Waals surface area contributed by atoms with E-state index in [1.165, 1.54) is 20.3 Å². The number of aliphatic hydroxyl groups is 4. The number of aryl methyl sites for hydroxylation is 1. The van der Waals surface area contributed by atoms with Gasteiger partial charge in [-0.2, -0.15) is 0 Å². The second-order valence-corrected chi connectivity index (χ2v) is 12.9. The molecule has 0 saturated heterocycles. The van der Waals surface area contributed by atoms with Gasteiger partial charge in [-0.05, 0) is 83.0 Å². The fourth-order valence-corrected chi connectivity index (χ4v) is 7.11. The van der Waals surface area contributed by atoms with E-state index in [1.807, 2.05) is 43.3 Å². The van der Waals surface area contributed by atoms with Crippen LogP contribution in [0.25, 0.3) is 11.1 Å². The van der Waals surface area contributed by atoms with E-state index in [9.17, 15) is 39.9 Å². The zero-order chi connectivity index (χ0) is 37.0. The highest BCUT2D eigenvalue weighted by Crippen LogP contribution is 2.45. The third-order valence-electron chi connectivity index (χ3n) is 8.93. The highest BCUT2D eigenvalue weighted by atomic mass is 31.2. The maximum atomic E-state index is 11.1. The molecule has 0 spiro atoms. The zero-order valence-electron chi connectivity index (χ0n) is 28.6. The van der Waals surface area contributed by atoms with Gasteiger partial charge in [-0.25, -0.2) is 0 Å². The van der Waals surface area contributed by atoms with Gasteiger partial charge in [0, 0.05) is 33.4 Å². The number of rotatable bonds is 11. The van der Waals surface area contributed by atoms with E-state index in [1.54, 1.807) is 25.3 Å². The van der Waals surface area contributed by atoms with Gasteiger partial charge in [0.15, 0.2) is 11.5 Å². The summed E-state index contributed by atoms with van der Waals surface area (Å²) in [5, 5.41) is 48.3. The van der Waals surface area contributed by atoms with E-state index >= 15 is 0 Å². The first-order valence-electron chi connectivity index (χ1n) is 15.9. The molecule has 0 radical (unpaired) electrons. The van der Waals surface area contributed by atoms with Crippen LogP contribution in [0.4, 0.5) is 0 Å². The SMILES string of the molecule is COc1c(C)cc(C2=CCc3c2ccc(CO)c3OP(=O)([O-])[O-])cc1CO.COc1cc(C2=CCc3c2ccc(CO)c3O)cc(CO)c1OC. The first-order valence-corrected chi connectivity index (χ1v) is 17.4. The lowest BCUT2D eigenvalue weighted by Gasteiger charge is -2.31. The first kappa shape index (κ1) is 37.6. The van der Waals surface area contributed by atoms with Crippen molar-refractivity contribution in [2.45, 2.75) is 46.2 Å². The van der Waals surface area contributed by atoms with Crippen molar-refractivity contribution >= 4 is 19.0 Å². The Labute approximate surface area is 295 Å². The number of phosphoric ester groups is 1. The van der Waals surface area contributed by atoms with Gasteiger partial charge in [-0.1, -0.05) is 36.4 Å². The highest BCUT2D eigenvalue weighted by molar-refractivity contribution is 7.43. The molecule has 4 aromatic rings. The summed E-state index contributed by atoms with van der Waals surface area (Å²) in [5.41, 5.74) is 9.32. The van der Waals surface area contributed by atoms with Crippen LogP contribution in [0, 0.1) is 6.92 Å².